The Labute approximate surface area is 99.9 Å². The lowest BCUT2D eigenvalue weighted by Crippen LogP contribution is -2.16. The van der Waals surface area contributed by atoms with Crippen LogP contribution in [0.25, 0.3) is 0 Å². The lowest BCUT2D eigenvalue weighted by molar-refractivity contribution is -0.383. The van der Waals surface area contributed by atoms with E-state index >= 15 is 0 Å². The fourth-order valence-corrected chi connectivity index (χ4v) is 1.54. The highest BCUT2D eigenvalue weighted by Gasteiger charge is 2.17. The summed E-state index contributed by atoms with van der Waals surface area (Å²) in [4.78, 5) is 10.4. The third-order valence-electron chi connectivity index (χ3n) is 2.34. The minimum atomic E-state index is -0.474. The van der Waals surface area contributed by atoms with E-state index in [0.29, 0.717) is 18.8 Å². The van der Waals surface area contributed by atoms with Crippen LogP contribution < -0.4 is 11.1 Å². The van der Waals surface area contributed by atoms with Crippen molar-refractivity contribution >= 4 is 17.1 Å². The number of nitrogen functional groups attached to an aromatic ring is 1. The fraction of sp³-hybridized carbons (Fsp3) is 0.455. The monoisotopic (exact) mass is 239 g/mol. The maximum Gasteiger partial charge on any atom is 0.314 e. The summed E-state index contributed by atoms with van der Waals surface area (Å²) in [5, 5.41) is 13.9. The van der Waals surface area contributed by atoms with Gasteiger partial charge in [0.25, 0.3) is 0 Å². The molecular formula is C11H17N3O3. The van der Waals surface area contributed by atoms with Crippen LogP contribution in [0.3, 0.4) is 0 Å². The van der Waals surface area contributed by atoms with Crippen molar-refractivity contribution in [3.05, 3.63) is 28.3 Å². The van der Waals surface area contributed by atoms with E-state index in [1.807, 2.05) is 6.92 Å². The predicted molar refractivity (Wildman–Crippen MR) is 67.0 cm³/mol. The highest BCUT2D eigenvalue weighted by Crippen LogP contribution is 2.30. The molecule has 3 N–H and O–H groups in total. The highest BCUT2D eigenvalue weighted by molar-refractivity contribution is 5.74. The molecule has 0 fully saturated rings. The van der Waals surface area contributed by atoms with Gasteiger partial charge in [-0.2, -0.15) is 0 Å². The molecule has 0 aliphatic heterocycles. The lowest BCUT2D eigenvalue weighted by Gasteiger charge is -2.13. The van der Waals surface area contributed by atoms with E-state index in [2.05, 4.69) is 5.32 Å². The molecule has 0 bridgehead atoms. The van der Waals surface area contributed by atoms with Crippen LogP contribution in [-0.2, 0) is 4.74 Å². The quantitative estimate of drug-likeness (QED) is 0.449. The molecule has 0 aliphatic carbocycles. The number of nitro benzene ring substituents is 1. The molecule has 1 rings (SSSR count). The summed E-state index contributed by atoms with van der Waals surface area (Å²) in [6, 6.07) is 4.85. The van der Waals surface area contributed by atoms with Gasteiger partial charge in [0.05, 0.1) is 11.5 Å². The summed E-state index contributed by atoms with van der Waals surface area (Å²) in [6.07, 6.45) is 0. The van der Waals surface area contributed by atoms with Crippen LogP contribution in [0.5, 0.6) is 0 Å². The molecule has 1 aromatic rings. The number of hydrogen-bond acceptors (Lipinski definition) is 5. The van der Waals surface area contributed by atoms with Crippen molar-refractivity contribution < 1.29 is 9.66 Å². The van der Waals surface area contributed by atoms with Crippen molar-refractivity contribution in [2.75, 3.05) is 31.3 Å². The van der Waals surface area contributed by atoms with Gasteiger partial charge in [0, 0.05) is 13.7 Å². The Kier molecular flexibility index (Phi) is 4.71. The molecule has 0 saturated carbocycles. The second-order valence-electron chi connectivity index (χ2n) is 3.94. The smallest absolute Gasteiger partial charge is 0.314 e. The number of nitrogens with one attached hydrogen (secondary N) is 1. The molecule has 6 nitrogen and oxygen atoms in total. The van der Waals surface area contributed by atoms with Gasteiger partial charge in [-0.05, 0) is 18.1 Å². The number of hydrogen-bond donors (Lipinski definition) is 2. The number of benzene rings is 1. The average molecular weight is 239 g/mol. The molecule has 1 aromatic carbocycles. The summed E-state index contributed by atoms with van der Waals surface area (Å²) in [6.45, 7) is 3.19. The average Bonchev–Trinajstić information content (AvgIpc) is 2.26. The normalized spacial score (nSPS) is 12.1. The van der Waals surface area contributed by atoms with Crippen LogP contribution in [0.15, 0.2) is 18.2 Å². The van der Waals surface area contributed by atoms with Crippen molar-refractivity contribution in [3.63, 3.8) is 0 Å². The van der Waals surface area contributed by atoms with Gasteiger partial charge >= 0.3 is 5.69 Å². The predicted octanol–water partition coefficient (Wildman–Crippen LogP) is 1.87. The minimum Gasteiger partial charge on any atom is -0.393 e. The largest absolute Gasteiger partial charge is 0.393 e. The van der Waals surface area contributed by atoms with E-state index in [-0.39, 0.29) is 17.3 Å². The van der Waals surface area contributed by atoms with Gasteiger partial charge in [0.1, 0.15) is 11.4 Å². The number of methoxy groups -OCH3 is 1. The van der Waals surface area contributed by atoms with Crippen LogP contribution in [0.2, 0.25) is 0 Å². The highest BCUT2D eigenvalue weighted by atomic mass is 16.6. The van der Waals surface area contributed by atoms with Crippen LogP contribution in [0, 0.1) is 16.0 Å². The Bertz CT molecular complexity index is 396. The van der Waals surface area contributed by atoms with Crippen molar-refractivity contribution in [3.8, 4) is 0 Å². The summed E-state index contributed by atoms with van der Waals surface area (Å²) in [5.74, 6) is 0.265. The van der Waals surface area contributed by atoms with Gasteiger partial charge in [-0.1, -0.05) is 13.0 Å². The molecule has 17 heavy (non-hydrogen) atoms. The summed E-state index contributed by atoms with van der Waals surface area (Å²) >= 11 is 0. The van der Waals surface area contributed by atoms with E-state index in [9.17, 15) is 10.1 Å². The van der Waals surface area contributed by atoms with E-state index in [1.165, 1.54) is 6.07 Å². The Morgan fingerprint density at radius 1 is 1.59 bits per heavy atom. The zero-order valence-corrected chi connectivity index (χ0v) is 9.97. The number of nitrogens with two attached hydrogens (primary N) is 1. The van der Waals surface area contributed by atoms with Gasteiger partial charge in [0.15, 0.2) is 0 Å². The van der Waals surface area contributed by atoms with E-state index in [0.717, 1.165) is 0 Å². The Hall–Kier alpha value is -1.82. The maximum absolute atomic E-state index is 10.9. The molecule has 0 saturated heterocycles. The fourth-order valence-electron chi connectivity index (χ4n) is 1.54. The first kappa shape index (κ1) is 13.2. The Morgan fingerprint density at radius 2 is 2.29 bits per heavy atom. The molecule has 94 valence electrons. The number of nitrogens with zero attached hydrogens (tertiary/aromatic N) is 1. The topological polar surface area (TPSA) is 90.4 Å². The molecule has 0 spiro atoms. The van der Waals surface area contributed by atoms with Crippen molar-refractivity contribution in [1.82, 2.24) is 0 Å². The van der Waals surface area contributed by atoms with Crippen LogP contribution in [0.4, 0.5) is 17.1 Å². The molecule has 0 aliphatic rings. The third-order valence-corrected chi connectivity index (χ3v) is 2.34. The van der Waals surface area contributed by atoms with Gasteiger partial charge in [-0.3, -0.25) is 10.1 Å². The van der Waals surface area contributed by atoms with Crippen molar-refractivity contribution in [2.45, 2.75) is 6.92 Å². The Balaban J connectivity index is 2.77. The number of rotatable bonds is 6. The molecule has 0 aromatic heterocycles. The van der Waals surface area contributed by atoms with Gasteiger partial charge < -0.3 is 15.8 Å². The van der Waals surface area contributed by atoms with Crippen LogP contribution in [-0.4, -0.2) is 25.2 Å². The van der Waals surface area contributed by atoms with Crippen molar-refractivity contribution in [2.24, 2.45) is 5.92 Å². The molecule has 0 heterocycles. The minimum absolute atomic E-state index is 0.0721. The first-order chi connectivity index (χ1) is 8.06. The summed E-state index contributed by atoms with van der Waals surface area (Å²) in [5.41, 5.74) is 6.12. The molecule has 1 atom stereocenters. The number of para-hydroxylation sites is 1. The third kappa shape index (κ3) is 3.60. The second-order valence-corrected chi connectivity index (χ2v) is 3.94. The van der Waals surface area contributed by atoms with Crippen molar-refractivity contribution in [1.29, 1.82) is 0 Å². The standard InChI is InChI=1S/C11H17N3O3/c1-8(7-17-2)6-13-10-5-3-4-9(12)11(10)14(15)16/h3-5,8,13H,6-7,12H2,1-2H3. The zero-order chi connectivity index (χ0) is 12.8. The van der Waals surface area contributed by atoms with Crippen LogP contribution >= 0.6 is 0 Å². The number of nitro groups is 1. The molecule has 6 heteroatoms. The SMILES string of the molecule is COCC(C)CNc1cccc(N)c1[N+](=O)[O-]. The van der Waals surface area contributed by atoms with Gasteiger partial charge in [-0.25, -0.2) is 0 Å². The van der Waals surface area contributed by atoms with E-state index in [4.69, 9.17) is 10.5 Å². The summed E-state index contributed by atoms with van der Waals surface area (Å²) in [7, 11) is 1.62. The van der Waals surface area contributed by atoms with E-state index < -0.39 is 4.92 Å². The number of anilines is 2. The number of ether oxygens (including phenoxy) is 1. The van der Waals surface area contributed by atoms with Gasteiger partial charge in [-0.15, -0.1) is 0 Å². The molecular weight excluding hydrogens is 222 g/mol. The molecule has 0 amide bonds. The Morgan fingerprint density at radius 3 is 2.88 bits per heavy atom. The first-order valence-corrected chi connectivity index (χ1v) is 5.32. The molecule has 0 radical (unpaired) electrons. The van der Waals surface area contributed by atoms with E-state index in [1.54, 1.807) is 19.2 Å². The first-order valence-electron chi connectivity index (χ1n) is 5.32. The summed E-state index contributed by atoms with van der Waals surface area (Å²) < 4.78 is 4.99. The maximum atomic E-state index is 10.9. The lowest BCUT2D eigenvalue weighted by atomic mass is 10.2. The van der Waals surface area contributed by atoms with Gasteiger partial charge in [0.2, 0.25) is 0 Å². The molecule has 1 unspecified atom stereocenters. The zero-order valence-electron chi connectivity index (χ0n) is 9.97. The second kappa shape index (κ2) is 6.05. The van der Waals surface area contributed by atoms with Crippen LogP contribution in [0.1, 0.15) is 6.92 Å².